The summed E-state index contributed by atoms with van der Waals surface area (Å²) in [6.45, 7) is 0. The molecule has 58 valence electrons. The summed E-state index contributed by atoms with van der Waals surface area (Å²) in [5.74, 6) is 0. The van der Waals surface area contributed by atoms with E-state index in [2.05, 4.69) is 28.1 Å². The van der Waals surface area contributed by atoms with Crippen molar-refractivity contribution in [2.75, 3.05) is 0 Å². The Hall–Kier alpha value is -0.275. The zero-order valence-electron chi connectivity index (χ0n) is 6.38. The summed E-state index contributed by atoms with van der Waals surface area (Å²) in [6.07, 6.45) is 0. The van der Waals surface area contributed by atoms with E-state index in [-0.39, 0.29) is 0 Å². The van der Waals surface area contributed by atoms with E-state index in [9.17, 15) is 0 Å². The van der Waals surface area contributed by atoms with Crippen molar-refractivity contribution in [3.05, 3.63) is 29.8 Å². The van der Waals surface area contributed by atoms with Crippen molar-refractivity contribution in [1.29, 1.82) is 0 Å². The fourth-order valence-electron chi connectivity index (χ4n) is 1.26. The summed E-state index contributed by atoms with van der Waals surface area (Å²) in [7, 11) is 5.85. The molecule has 0 saturated heterocycles. The van der Waals surface area contributed by atoms with Crippen LogP contribution in [0.1, 0.15) is 5.56 Å². The molecule has 0 amide bonds. The molecular weight excluding hydrogens is 231 g/mol. The van der Waals surface area contributed by atoms with Crippen LogP contribution in [0.5, 0.6) is 0 Å². The average molecular weight is 237 g/mol. The normalized spacial score (nSPS) is 10.8. The summed E-state index contributed by atoms with van der Waals surface area (Å²) in [6, 6.07) is 8.29. The number of alkyl halides is 1. The first-order valence-corrected chi connectivity index (χ1v) is 5.58. The summed E-state index contributed by atoms with van der Waals surface area (Å²) in [5, 5.41) is 2.11. The van der Waals surface area contributed by atoms with E-state index in [0.717, 1.165) is 10.1 Å². The van der Waals surface area contributed by atoms with E-state index in [1.165, 1.54) is 15.6 Å². The second kappa shape index (κ2) is 3.23. The summed E-state index contributed by atoms with van der Waals surface area (Å²) >= 11 is 5.09. The highest BCUT2D eigenvalue weighted by Crippen LogP contribution is 2.24. The Morgan fingerprint density at radius 1 is 1.33 bits per heavy atom. The van der Waals surface area contributed by atoms with E-state index in [1.54, 1.807) is 11.3 Å². The lowest BCUT2D eigenvalue weighted by Gasteiger charge is -1.93. The third-order valence-electron chi connectivity index (χ3n) is 1.86. The van der Waals surface area contributed by atoms with Gasteiger partial charge in [-0.05, 0) is 21.8 Å². The molecule has 2 aromatic rings. The molecule has 1 aromatic carbocycles. The lowest BCUT2D eigenvalue weighted by Crippen LogP contribution is -1.99. The molecule has 0 atom stereocenters. The maximum Gasteiger partial charge on any atom is 0.129 e. The SMILES string of the molecule is [B]c1sc2ccccc2c1CBr. The molecule has 0 N–H and O–H groups in total. The molecule has 1 heterocycles. The van der Waals surface area contributed by atoms with Gasteiger partial charge in [-0.1, -0.05) is 34.1 Å². The Balaban J connectivity index is 2.81. The Kier molecular flexibility index (Phi) is 2.24. The molecule has 0 unspecified atom stereocenters. The number of thiophene rings is 1. The van der Waals surface area contributed by atoms with Crippen LogP contribution in [0.3, 0.4) is 0 Å². The zero-order chi connectivity index (χ0) is 8.55. The van der Waals surface area contributed by atoms with Crippen LogP contribution in [0.4, 0.5) is 0 Å². The van der Waals surface area contributed by atoms with Crippen LogP contribution >= 0.6 is 27.3 Å². The minimum Gasteiger partial charge on any atom is -0.152 e. The third kappa shape index (κ3) is 1.21. The Labute approximate surface area is 85.1 Å². The predicted molar refractivity (Wildman–Crippen MR) is 59.8 cm³/mol. The van der Waals surface area contributed by atoms with Crippen molar-refractivity contribution in [3.63, 3.8) is 0 Å². The van der Waals surface area contributed by atoms with Gasteiger partial charge < -0.3 is 0 Å². The third-order valence-corrected chi connectivity index (χ3v) is 3.47. The molecule has 0 spiro atoms. The molecule has 3 heteroatoms. The van der Waals surface area contributed by atoms with E-state index in [0.29, 0.717) is 0 Å². The average Bonchev–Trinajstić information content (AvgIpc) is 2.40. The quantitative estimate of drug-likeness (QED) is 0.528. The second-order valence-electron chi connectivity index (χ2n) is 2.57. The number of hydrogen-bond donors (Lipinski definition) is 0. The maximum atomic E-state index is 5.85. The minimum atomic E-state index is 0.836. The van der Waals surface area contributed by atoms with Crippen LogP contribution in [-0.2, 0) is 5.33 Å². The van der Waals surface area contributed by atoms with Crippen molar-refractivity contribution in [2.45, 2.75) is 5.33 Å². The van der Waals surface area contributed by atoms with Crippen LogP contribution in [0.25, 0.3) is 10.1 Å². The van der Waals surface area contributed by atoms with Gasteiger partial charge in [0.05, 0.1) is 0 Å². The summed E-state index contributed by atoms with van der Waals surface area (Å²) < 4.78 is 2.19. The van der Waals surface area contributed by atoms with Crippen molar-refractivity contribution >= 4 is 50.0 Å². The van der Waals surface area contributed by atoms with Gasteiger partial charge in [-0.15, -0.1) is 0 Å². The molecule has 2 rings (SSSR count). The standard InChI is InChI=1S/C9H6BBrS/c10-9-7(5-11)6-3-1-2-4-8(6)12-9/h1-4H,5H2. The summed E-state index contributed by atoms with van der Waals surface area (Å²) in [4.78, 5) is 0. The van der Waals surface area contributed by atoms with E-state index in [1.807, 2.05) is 12.1 Å². The van der Waals surface area contributed by atoms with Crippen molar-refractivity contribution in [3.8, 4) is 0 Å². The van der Waals surface area contributed by atoms with Crippen LogP contribution < -0.4 is 4.78 Å². The van der Waals surface area contributed by atoms with Gasteiger partial charge in [-0.2, -0.15) is 11.3 Å². The van der Waals surface area contributed by atoms with Crippen LogP contribution in [0.2, 0.25) is 0 Å². The van der Waals surface area contributed by atoms with Gasteiger partial charge >= 0.3 is 0 Å². The fourth-order valence-corrected chi connectivity index (χ4v) is 3.04. The molecule has 1 aromatic heterocycles. The molecule has 0 aliphatic heterocycles. The molecule has 0 aliphatic carbocycles. The molecule has 0 saturated carbocycles. The van der Waals surface area contributed by atoms with Gasteiger partial charge in [0.2, 0.25) is 0 Å². The first kappa shape index (κ1) is 8.33. The van der Waals surface area contributed by atoms with Crippen molar-refractivity contribution in [2.24, 2.45) is 0 Å². The van der Waals surface area contributed by atoms with Crippen LogP contribution in [-0.4, -0.2) is 7.85 Å². The van der Waals surface area contributed by atoms with Gasteiger partial charge in [0, 0.05) is 10.0 Å². The van der Waals surface area contributed by atoms with Gasteiger partial charge in [-0.3, -0.25) is 0 Å². The molecule has 12 heavy (non-hydrogen) atoms. The van der Waals surface area contributed by atoms with Gasteiger partial charge in [-0.25, -0.2) is 0 Å². The molecule has 0 aliphatic rings. The topological polar surface area (TPSA) is 0 Å². The highest BCUT2D eigenvalue weighted by Gasteiger charge is 2.05. The first-order valence-electron chi connectivity index (χ1n) is 3.65. The fraction of sp³-hybridized carbons (Fsp3) is 0.111. The summed E-state index contributed by atoms with van der Waals surface area (Å²) in [5.41, 5.74) is 1.22. The Morgan fingerprint density at radius 3 is 2.83 bits per heavy atom. The van der Waals surface area contributed by atoms with Crippen LogP contribution in [0.15, 0.2) is 24.3 Å². The maximum absolute atomic E-state index is 5.85. The van der Waals surface area contributed by atoms with E-state index >= 15 is 0 Å². The predicted octanol–water partition coefficient (Wildman–Crippen LogP) is 2.59. The number of halogens is 1. The van der Waals surface area contributed by atoms with E-state index in [4.69, 9.17) is 7.85 Å². The highest BCUT2D eigenvalue weighted by molar-refractivity contribution is 9.08. The second-order valence-corrected chi connectivity index (χ2v) is 4.22. The molecular formula is C9H6BBrS. The van der Waals surface area contributed by atoms with Crippen molar-refractivity contribution < 1.29 is 0 Å². The molecule has 0 fully saturated rings. The van der Waals surface area contributed by atoms with E-state index < -0.39 is 0 Å². The minimum absolute atomic E-state index is 0.836. The van der Waals surface area contributed by atoms with Crippen LogP contribution in [0, 0.1) is 0 Å². The monoisotopic (exact) mass is 236 g/mol. The smallest absolute Gasteiger partial charge is 0.129 e. The molecule has 0 bridgehead atoms. The Morgan fingerprint density at radius 2 is 2.08 bits per heavy atom. The largest absolute Gasteiger partial charge is 0.152 e. The number of fused-ring (bicyclic) bond motifs is 1. The van der Waals surface area contributed by atoms with Gasteiger partial charge in [0.25, 0.3) is 0 Å². The van der Waals surface area contributed by atoms with Crippen molar-refractivity contribution in [1.82, 2.24) is 0 Å². The van der Waals surface area contributed by atoms with Gasteiger partial charge in [0.15, 0.2) is 0 Å². The Bertz CT molecular complexity index is 408. The number of benzene rings is 1. The van der Waals surface area contributed by atoms with Gasteiger partial charge in [0.1, 0.15) is 7.85 Å². The number of rotatable bonds is 1. The lowest BCUT2D eigenvalue weighted by atomic mass is 10.0. The molecule has 2 radical (unpaired) electrons. The molecule has 0 nitrogen and oxygen atoms in total. The lowest BCUT2D eigenvalue weighted by molar-refractivity contribution is 1.57. The number of hydrogen-bond acceptors (Lipinski definition) is 1. The zero-order valence-corrected chi connectivity index (χ0v) is 8.78. The first-order chi connectivity index (χ1) is 5.83. The highest BCUT2D eigenvalue weighted by atomic mass is 79.9.